The molecule has 26 heavy (non-hydrogen) atoms. The van der Waals surface area contributed by atoms with Crippen LogP contribution in [-0.4, -0.2) is 45.0 Å². The fourth-order valence-corrected chi connectivity index (χ4v) is 2.07. The largest absolute Gasteiger partial charge is 0.508 e. The lowest BCUT2D eigenvalue weighted by Crippen LogP contribution is -2.30. The van der Waals surface area contributed by atoms with Crippen molar-refractivity contribution in [2.24, 2.45) is 5.92 Å². The monoisotopic (exact) mass is 362 g/mol. The molecule has 1 aromatic rings. The van der Waals surface area contributed by atoms with Gasteiger partial charge in [-0.3, -0.25) is 9.59 Å². The molecule has 7 nitrogen and oxygen atoms in total. The summed E-state index contributed by atoms with van der Waals surface area (Å²) < 4.78 is 19.0. The Kier molecular flexibility index (Phi) is 9.33. The van der Waals surface area contributed by atoms with Crippen molar-refractivity contribution in [1.29, 1.82) is 0 Å². The number of methoxy groups -OCH3 is 1. The van der Waals surface area contributed by atoms with E-state index in [1.807, 2.05) is 0 Å². The van der Waals surface area contributed by atoms with Crippen LogP contribution in [0.5, 0.6) is 0 Å². The summed E-state index contributed by atoms with van der Waals surface area (Å²) >= 11 is 0. The molecule has 0 aliphatic rings. The second-order valence-electron chi connectivity index (χ2n) is 4.96. The molecule has 0 amide bonds. The van der Waals surface area contributed by atoms with Crippen molar-refractivity contribution in [3.05, 3.63) is 35.4 Å². The quantitative estimate of drug-likeness (QED) is 0.318. The molecule has 0 heterocycles. The van der Waals surface area contributed by atoms with Gasteiger partial charge in [-0.15, -0.1) is 0 Å². The molecule has 1 aromatic carbocycles. The highest BCUT2D eigenvalue weighted by Crippen LogP contribution is 2.16. The number of benzene rings is 1. The summed E-state index contributed by atoms with van der Waals surface area (Å²) in [5, 5.41) is 0. The van der Waals surface area contributed by atoms with Gasteiger partial charge in [0.15, 0.2) is 12.5 Å². The number of carbonyl (C=O) groups is 3. The minimum absolute atomic E-state index is 0.0976. The number of ether oxygens (including phenoxy) is 4. The van der Waals surface area contributed by atoms with Gasteiger partial charge in [-0.1, -0.05) is 30.0 Å². The zero-order valence-corrected chi connectivity index (χ0v) is 15.1. The Labute approximate surface area is 152 Å². The van der Waals surface area contributed by atoms with E-state index in [-0.39, 0.29) is 26.2 Å². The summed E-state index contributed by atoms with van der Waals surface area (Å²) in [4.78, 5) is 35.1. The molecule has 0 spiro atoms. The minimum atomic E-state index is -1.07. The van der Waals surface area contributed by atoms with E-state index < -0.39 is 24.0 Å². The zero-order valence-electron chi connectivity index (χ0n) is 15.1. The van der Waals surface area contributed by atoms with Gasteiger partial charge in [0.25, 0.3) is 0 Å². The van der Waals surface area contributed by atoms with Gasteiger partial charge in [-0.2, -0.15) is 0 Å². The predicted molar refractivity (Wildman–Crippen MR) is 92.1 cm³/mol. The molecule has 0 aliphatic heterocycles. The van der Waals surface area contributed by atoms with E-state index in [1.165, 1.54) is 7.11 Å². The first-order chi connectivity index (χ1) is 12.5. The van der Waals surface area contributed by atoms with Crippen LogP contribution < -0.4 is 0 Å². The van der Waals surface area contributed by atoms with E-state index >= 15 is 0 Å². The smallest absolute Gasteiger partial charge is 0.465 e. The van der Waals surface area contributed by atoms with Crippen LogP contribution in [0.2, 0.25) is 0 Å². The van der Waals surface area contributed by atoms with Crippen molar-refractivity contribution in [3.8, 4) is 11.8 Å². The first-order valence-electron chi connectivity index (χ1n) is 8.14. The fourth-order valence-electron chi connectivity index (χ4n) is 2.07. The van der Waals surface area contributed by atoms with E-state index in [0.717, 1.165) is 0 Å². The van der Waals surface area contributed by atoms with Gasteiger partial charge in [0.2, 0.25) is 0 Å². The van der Waals surface area contributed by atoms with Gasteiger partial charge >= 0.3 is 18.1 Å². The normalized spacial score (nSPS) is 9.69. The first kappa shape index (κ1) is 21.0. The maximum absolute atomic E-state index is 12.1. The molecule has 0 fully saturated rings. The van der Waals surface area contributed by atoms with Gasteiger partial charge < -0.3 is 18.9 Å². The molecule has 0 unspecified atom stereocenters. The molecule has 0 aromatic heterocycles. The highest BCUT2D eigenvalue weighted by atomic mass is 16.7. The van der Waals surface area contributed by atoms with Crippen molar-refractivity contribution in [2.45, 2.75) is 20.3 Å². The molecule has 0 atom stereocenters. The lowest BCUT2D eigenvalue weighted by atomic mass is 9.95. The molecule has 0 N–H and O–H groups in total. The second kappa shape index (κ2) is 11.5. The molecule has 0 saturated heterocycles. The lowest BCUT2D eigenvalue weighted by Gasteiger charge is -2.15. The van der Waals surface area contributed by atoms with Crippen molar-refractivity contribution < 1.29 is 33.3 Å². The Hall–Kier alpha value is -3.01. The van der Waals surface area contributed by atoms with Crippen molar-refractivity contribution in [3.63, 3.8) is 0 Å². The number of hydrogen-bond donors (Lipinski definition) is 0. The maximum Gasteiger partial charge on any atom is 0.508 e. The SMILES string of the molecule is CCOC(=O)C(Cc1ccccc1C#CCOC(=O)OC)C(=O)OCC. The Morgan fingerprint density at radius 1 is 1.00 bits per heavy atom. The zero-order chi connectivity index (χ0) is 19.4. The molecule has 0 bridgehead atoms. The third-order valence-corrected chi connectivity index (χ3v) is 3.24. The van der Waals surface area contributed by atoms with E-state index in [9.17, 15) is 14.4 Å². The second-order valence-corrected chi connectivity index (χ2v) is 4.96. The molecule has 1 rings (SSSR count). The predicted octanol–water partition coefficient (Wildman–Crippen LogP) is 2.11. The van der Waals surface area contributed by atoms with Crippen LogP contribution in [0.25, 0.3) is 0 Å². The maximum atomic E-state index is 12.1. The average Bonchev–Trinajstić information content (AvgIpc) is 2.64. The van der Waals surface area contributed by atoms with Gasteiger partial charge in [0, 0.05) is 5.56 Å². The lowest BCUT2D eigenvalue weighted by molar-refractivity contribution is -0.161. The fraction of sp³-hybridized carbons (Fsp3) is 0.421. The van der Waals surface area contributed by atoms with Gasteiger partial charge in [0.05, 0.1) is 20.3 Å². The van der Waals surface area contributed by atoms with Gasteiger partial charge in [-0.25, -0.2) is 4.79 Å². The Morgan fingerprint density at radius 2 is 1.62 bits per heavy atom. The van der Waals surface area contributed by atoms with Crippen LogP contribution in [0.4, 0.5) is 4.79 Å². The summed E-state index contributed by atoms with van der Waals surface area (Å²) in [6.07, 6.45) is -0.724. The molecule has 0 saturated carbocycles. The summed E-state index contributed by atoms with van der Waals surface area (Å²) in [5.41, 5.74) is 1.30. The number of carbonyl (C=O) groups excluding carboxylic acids is 3. The third kappa shape index (κ3) is 6.85. The number of rotatable bonds is 7. The van der Waals surface area contributed by atoms with Crippen molar-refractivity contribution >= 4 is 18.1 Å². The van der Waals surface area contributed by atoms with E-state index in [2.05, 4.69) is 16.6 Å². The topological polar surface area (TPSA) is 88.1 Å². The van der Waals surface area contributed by atoms with Crippen LogP contribution in [0.15, 0.2) is 24.3 Å². The minimum Gasteiger partial charge on any atom is -0.465 e. The van der Waals surface area contributed by atoms with Crippen LogP contribution >= 0.6 is 0 Å². The van der Waals surface area contributed by atoms with Crippen molar-refractivity contribution in [1.82, 2.24) is 0 Å². The Morgan fingerprint density at radius 3 is 2.19 bits per heavy atom. The molecule has 0 aliphatic carbocycles. The molecule has 140 valence electrons. The molecular weight excluding hydrogens is 340 g/mol. The Balaban J connectivity index is 2.95. The first-order valence-corrected chi connectivity index (χ1v) is 8.14. The molecule has 0 radical (unpaired) electrons. The van der Waals surface area contributed by atoms with Crippen LogP contribution in [-0.2, 0) is 35.0 Å². The number of esters is 2. The van der Waals surface area contributed by atoms with Crippen LogP contribution in [0.3, 0.4) is 0 Å². The highest BCUT2D eigenvalue weighted by Gasteiger charge is 2.30. The molecule has 7 heteroatoms. The molecular formula is C19H22O7. The highest BCUT2D eigenvalue weighted by molar-refractivity contribution is 5.95. The summed E-state index contributed by atoms with van der Waals surface area (Å²) in [6.45, 7) is 3.53. The van der Waals surface area contributed by atoms with E-state index in [0.29, 0.717) is 11.1 Å². The Bertz CT molecular complexity index is 667. The summed E-state index contributed by atoms with van der Waals surface area (Å²) in [5.74, 6) is 3.20. The average molecular weight is 362 g/mol. The van der Waals surface area contributed by atoms with Crippen LogP contribution in [0.1, 0.15) is 25.0 Å². The van der Waals surface area contributed by atoms with Crippen LogP contribution in [0, 0.1) is 17.8 Å². The van der Waals surface area contributed by atoms with Gasteiger partial charge in [-0.05, 0) is 31.9 Å². The summed E-state index contributed by atoms with van der Waals surface area (Å²) in [7, 11) is 1.20. The van der Waals surface area contributed by atoms with E-state index in [1.54, 1.807) is 38.1 Å². The number of hydrogen-bond acceptors (Lipinski definition) is 7. The summed E-state index contributed by atoms with van der Waals surface area (Å²) in [6, 6.07) is 7.06. The van der Waals surface area contributed by atoms with Crippen molar-refractivity contribution in [2.75, 3.05) is 26.9 Å². The van der Waals surface area contributed by atoms with Gasteiger partial charge in [0.1, 0.15) is 0 Å². The van der Waals surface area contributed by atoms with E-state index in [4.69, 9.17) is 14.2 Å². The third-order valence-electron chi connectivity index (χ3n) is 3.24. The standard InChI is InChI=1S/C19H22O7/c1-4-24-17(20)16(18(21)25-5-2)13-15-10-7-6-9-14(15)11-8-12-26-19(22)23-3/h6-7,9-10,16H,4-5,12-13H2,1-3H3.